The van der Waals surface area contributed by atoms with Crippen molar-refractivity contribution in [2.24, 2.45) is 0 Å². The molecule has 1 aliphatic rings. The molecule has 7 nitrogen and oxygen atoms in total. The molecule has 1 heterocycles. The van der Waals surface area contributed by atoms with Crippen LogP contribution in [-0.4, -0.2) is 54.4 Å². The van der Waals surface area contributed by atoms with E-state index in [0.29, 0.717) is 24.4 Å². The summed E-state index contributed by atoms with van der Waals surface area (Å²) in [4.78, 5) is 40.3. The zero-order chi connectivity index (χ0) is 20.2. The van der Waals surface area contributed by atoms with E-state index < -0.39 is 17.5 Å². The van der Waals surface area contributed by atoms with Gasteiger partial charge in [-0.05, 0) is 37.1 Å². The molecule has 7 heteroatoms. The van der Waals surface area contributed by atoms with Gasteiger partial charge in [-0.25, -0.2) is 4.79 Å². The third-order valence-corrected chi connectivity index (χ3v) is 4.59. The van der Waals surface area contributed by atoms with Crippen molar-refractivity contribution in [1.82, 2.24) is 15.1 Å². The van der Waals surface area contributed by atoms with Crippen LogP contribution in [0.3, 0.4) is 0 Å². The number of hydrogen-bond donors (Lipinski definition) is 1. The molecule has 0 aliphatic carbocycles. The highest BCUT2D eigenvalue weighted by atomic mass is 16.5. The fraction of sp³-hybridized carbons (Fsp3) is 0.350. The molecule has 1 aliphatic heterocycles. The number of ether oxygens (including phenoxy) is 1. The van der Waals surface area contributed by atoms with Gasteiger partial charge in [0.05, 0.1) is 7.11 Å². The molecule has 144 valence electrons. The average Bonchev–Trinajstić information content (AvgIpc) is 2.85. The second-order valence-electron chi connectivity index (χ2n) is 6.51. The summed E-state index contributed by atoms with van der Waals surface area (Å²) in [6, 6.07) is 4.68. The maximum atomic E-state index is 13.0. The van der Waals surface area contributed by atoms with Crippen LogP contribution in [0.4, 0.5) is 4.79 Å². The van der Waals surface area contributed by atoms with Crippen molar-refractivity contribution in [2.75, 3.05) is 26.7 Å². The van der Waals surface area contributed by atoms with Crippen LogP contribution >= 0.6 is 0 Å². The summed E-state index contributed by atoms with van der Waals surface area (Å²) in [6.45, 7) is 11.0. The van der Waals surface area contributed by atoms with E-state index in [0.717, 1.165) is 10.5 Å². The largest absolute Gasteiger partial charge is 0.496 e. The van der Waals surface area contributed by atoms with E-state index >= 15 is 0 Å². The van der Waals surface area contributed by atoms with Crippen molar-refractivity contribution < 1.29 is 19.1 Å². The number of rotatable bonds is 8. The Hall–Kier alpha value is -3.09. The Bertz CT molecular complexity index is 779. The Kier molecular flexibility index (Phi) is 6.05. The highest BCUT2D eigenvalue weighted by Crippen LogP contribution is 2.31. The maximum absolute atomic E-state index is 13.0. The minimum Gasteiger partial charge on any atom is -0.496 e. The Morgan fingerprint density at radius 2 is 1.93 bits per heavy atom. The second kappa shape index (κ2) is 8.07. The van der Waals surface area contributed by atoms with Gasteiger partial charge in [0, 0.05) is 13.1 Å². The van der Waals surface area contributed by atoms with Gasteiger partial charge in [0.2, 0.25) is 5.91 Å². The summed E-state index contributed by atoms with van der Waals surface area (Å²) in [5.74, 6) is -0.133. The molecule has 0 spiro atoms. The summed E-state index contributed by atoms with van der Waals surface area (Å²) >= 11 is 0. The highest BCUT2D eigenvalue weighted by Gasteiger charge is 2.49. The smallest absolute Gasteiger partial charge is 0.325 e. The van der Waals surface area contributed by atoms with Crippen molar-refractivity contribution in [3.63, 3.8) is 0 Å². The Morgan fingerprint density at radius 1 is 1.30 bits per heavy atom. The average molecular weight is 371 g/mol. The number of amides is 4. The number of nitrogens with zero attached hydrogens (tertiary/aromatic N) is 2. The standard InChI is InChI=1S/C20H25N3O4/c1-6-10-22(11-7-2)17(24)13-23-18(25)20(4,21-19(23)26)15-8-9-16(27-5)14(3)12-15/h6-9,12H,1-2,10-11,13H2,3-5H3,(H,21,26). The number of urea groups is 1. The molecule has 1 fully saturated rings. The first-order chi connectivity index (χ1) is 12.8. The zero-order valence-electron chi connectivity index (χ0n) is 15.9. The molecule has 1 atom stereocenters. The monoisotopic (exact) mass is 371 g/mol. The van der Waals surface area contributed by atoms with Crippen LogP contribution in [0.1, 0.15) is 18.1 Å². The minimum atomic E-state index is -1.24. The molecule has 0 saturated carbocycles. The van der Waals surface area contributed by atoms with Crippen molar-refractivity contribution in [3.8, 4) is 5.75 Å². The van der Waals surface area contributed by atoms with Gasteiger partial charge >= 0.3 is 6.03 Å². The number of nitrogens with one attached hydrogen (secondary N) is 1. The fourth-order valence-corrected chi connectivity index (χ4v) is 3.05. The molecule has 4 amide bonds. The lowest BCUT2D eigenvalue weighted by Gasteiger charge is -2.24. The van der Waals surface area contributed by atoms with E-state index in [1.165, 1.54) is 4.90 Å². The predicted octanol–water partition coefficient (Wildman–Crippen LogP) is 1.97. The lowest BCUT2D eigenvalue weighted by atomic mass is 9.90. The van der Waals surface area contributed by atoms with Crippen molar-refractivity contribution in [2.45, 2.75) is 19.4 Å². The minimum absolute atomic E-state index is 0.309. The number of aryl methyl sites for hydroxylation is 1. The van der Waals surface area contributed by atoms with Crippen LogP contribution in [-0.2, 0) is 15.1 Å². The Labute approximate surface area is 159 Å². The first-order valence-electron chi connectivity index (χ1n) is 8.57. The third kappa shape index (κ3) is 3.86. The second-order valence-corrected chi connectivity index (χ2v) is 6.51. The van der Waals surface area contributed by atoms with Gasteiger partial charge in [-0.2, -0.15) is 0 Å². The molecule has 0 aromatic heterocycles. The summed E-state index contributed by atoms with van der Waals surface area (Å²) < 4.78 is 5.24. The molecule has 1 aromatic rings. The normalized spacial score (nSPS) is 18.9. The fourth-order valence-electron chi connectivity index (χ4n) is 3.05. The first-order valence-corrected chi connectivity index (χ1v) is 8.57. The summed E-state index contributed by atoms with van der Waals surface area (Å²) in [7, 11) is 1.57. The van der Waals surface area contributed by atoms with E-state index in [4.69, 9.17) is 4.74 Å². The number of methoxy groups -OCH3 is 1. The van der Waals surface area contributed by atoms with Crippen LogP contribution in [0.5, 0.6) is 5.75 Å². The van der Waals surface area contributed by atoms with Gasteiger partial charge in [0.25, 0.3) is 5.91 Å². The third-order valence-electron chi connectivity index (χ3n) is 4.59. The Balaban J connectivity index is 2.25. The van der Waals surface area contributed by atoms with Crippen LogP contribution in [0.2, 0.25) is 0 Å². The molecule has 27 heavy (non-hydrogen) atoms. The van der Waals surface area contributed by atoms with E-state index in [2.05, 4.69) is 18.5 Å². The quantitative estimate of drug-likeness (QED) is 0.560. The van der Waals surface area contributed by atoms with Crippen molar-refractivity contribution in [3.05, 3.63) is 54.6 Å². The number of imide groups is 1. The van der Waals surface area contributed by atoms with Crippen LogP contribution < -0.4 is 10.1 Å². The van der Waals surface area contributed by atoms with Crippen LogP contribution in [0.25, 0.3) is 0 Å². The molecule has 2 rings (SSSR count). The maximum Gasteiger partial charge on any atom is 0.325 e. The molecule has 1 saturated heterocycles. The highest BCUT2D eigenvalue weighted by molar-refractivity contribution is 6.09. The first kappa shape index (κ1) is 20.2. The summed E-state index contributed by atoms with van der Waals surface area (Å²) in [5.41, 5.74) is 0.231. The van der Waals surface area contributed by atoms with E-state index in [1.807, 2.05) is 6.92 Å². The number of hydrogen-bond acceptors (Lipinski definition) is 4. The molecular weight excluding hydrogens is 346 g/mol. The van der Waals surface area contributed by atoms with E-state index in [1.54, 1.807) is 44.4 Å². The lowest BCUT2D eigenvalue weighted by Crippen LogP contribution is -2.44. The van der Waals surface area contributed by atoms with Crippen LogP contribution in [0, 0.1) is 6.92 Å². The summed E-state index contributed by atoms with van der Waals surface area (Å²) in [6.07, 6.45) is 3.16. The molecule has 1 aromatic carbocycles. The molecule has 0 radical (unpaired) electrons. The van der Waals surface area contributed by atoms with E-state index in [9.17, 15) is 14.4 Å². The van der Waals surface area contributed by atoms with Crippen molar-refractivity contribution in [1.29, 1.82) is 0 Å². The van der Waals surface area contributed by atoms with Gasteiger partial charge in [-0.15, -0.1) is 13.2 Å². The Morgan fingerprint density at radius 3 is 2.44 bits per heavy atom. The van der Waals surface area contributed by atoms with Gasteiger partial charge in [0.15, 0.2) is 0 Å². The SMILES string of the molecule is C=CCN(CC=C)C(=O)CN1C(=O)NC(C)(c2ccc(OC)c(C)c2)C1=O. The van der Waals surface area contributed by atoms with Crippen molar-refractivity contribution >= 4 is 17.8 Å². The molecule has 0 bridgehead atoms. The van der Waals surface area contributed by atoms with Gasteiger partial charge < -0.3 is 15.0 Å². The van der Waals surface area contributed by atoms with Gasteiger partial charge in [-0.1, -0.05) is 18.2 Å². The van der Waals surface area contributed by atoms with Crippen LogP contribution in [0.15, 0.2) is 43.5 Å². The van der Waals surface area contributed by atoms with Gasteiger partial charge in [-0.3, -0.25) is 14.5 Å². The number of carbonyl (C=O) groups is 3. The molecule has 1 N–H and O–H groups in total. The van der Waals surface area contributed by atoms with Gasteiger partial charge in [0.1, 0.15) is 17.8 Å². The van der Waals surface area contributed by atoms with E-state index in [-0.39, 0.29) is 12.5 Å². The predicted molar refractivity (Wildman–Crippen MR) is 102 cm³/mol. The zero-order valence-corrected chi connectivity index (χ0v) is 15.9. The molecule has 1 unspecified atom stereocenters. The lowest BCUT2D eigenvalue weighted by molar-refractivity contribution is -0.138. The molecular formula is C20H25N3O4. The topological polar surface area (TPSA) is 79.0 Å². The number of carbonyl (C=O) groups excluding carboxylic acids is 3. The summed E-state index contributed by atoms with van der Waals surface area (Å²) in [5, 5.41) is 2.70. The number of benzene rings is 1.